The zero-order valence-corrected chi connectivity index (χ0v) is 30.0. The summed E-state index contributed by atoms with van der Waals surface area (Å²) < 4.78 is 6.17. The van der Waals surface area contributed by atoms with Crippen LogP contribution in [0, 0.1) is 0 Å². The van der Waals surface area contributed by atoms with E-state index >= 15 is 0 Å². The zero-order chi connectivity index (χ0) is 36.0. The van der Waals surface area contributed by atoms with Crippen molar-refractivity contribution in [2.75, 3.05) is 0 Å². The second-order valence-electron chi connectivity index (χ2n) is 14.9. The summed E-state index contributed by atoms with van der Waals surface area (Å²) in [4.78, 5) is 10.4. The Labute approximate surface area is 313 Å². The Kier molecular flexibility index (Phi) is 6.60. The summed E-state index contributed by atoms with van der Waals surface area (Å²) in [6, 6.07) is 60.5. The van der Waals surface area contributed by atoms with Crippen LogP contribution in [0.2, 0.25) is 0 Å². The third-order valence-electron chi connectivity index (χ3n) is 11.5. The van der Waals surface area contributed by atoms with E-state index in [1.54, 1.807) is 0 Å². The monoisotopic (exact) mass is 690 g/mol. The van der Waals surface area contributed by atoms with E-state index in [0.29, 0.717) is 5.82 Å². The van der Waals surface area contributed by atoms with Gasteiger partial charge < -0.3 is 4.42 Å². The minimum atomic E-state index is -0.131. The Morgan fingerprint density at radius 2 is 1.09 bits per heavy atom. The van der Waals surface area contributed by atoms with Crippen molar-refractivity contribution in [1.82, 2.24) is 9.97 Å². The normalized spacial score (nSPS) is 13.1. The van der Waals surface area contributed by atoms with E-state index in [-0.39, 0.29) is 5.41 Å². The van der Waals surface area contributed by atoms with E-state index in [0.717, 1.165) is 55.4 Å². The molecule has 0 bridgehead atoms. The summed E-state index contributed by atoms with van der Waals surface area (Å²) in [6.07, 6.45) is 0. The number of benzene rings is 8. The molecule has 2 heterocycles. The Morgan fingerprint density at radius 1 is 0.426 bits per heavy atom. The number of rotatable bonds is 4. The summed E-state index contributed by atoms with van der Waals surface area (Å²) in [5.41, 5.74) is 14.4. The van der Waals surface area contributed by atoms with Crippen LogP contribution < -0.4 is 0 Å². The molecule has 0 N–H and O–H groups in total. The highest BCUT2D eigenvalue weighted by Gasteiger charge is 2.38. The molecule has 0 spiro atoms. The summed E-state index contributed by atoms with van der Waals surface area (Å²) in [5.74, 6) is 0.695. The molecule has 1 aliphatic rings. The van der Waals surface area contributed by atoms with Crippen LogP contribution in [0.25, 0.3) is 99.6 Å². The van der Waals surface area contributed by atoms with Crippen molar-refractivity contribution >= 4 is 43.5 Å². The van der Waals surface area contributed by atoms with Gasteiger partial charge in [-0.3, -0.25) is 0 Å². The molecular weight excluding hydrogens is 657 g/mol. The molecule has 0 unspecified atom stereocenters. The molecule has 8 aromatic carbocycles. The van der Waals surface area contributed by atoms with Crippen LogP contribution in [-0.4, -0.2) is 9.97 Å². The molecule has 0 saturated heterocycles. The van der Waals surface area contributed by atoms with Gasteiger partial charge in [0.1, 0.15) is 11.2 Å². The van der Waals surface area contributed by atoms with Gasteiger partial charge in [0.15, 0.2) is 5.82 Å². The number of hydrogen-bond acceptors (Lipinski definition) is 3. The van der Waals surface area contributed by atoms with Crippen molar-refractivity contribution in [2.24, 2.45) is 0 Å². The number of para-hydroxylation sites is 1. The van der Waals surface area contributed by atoms with Gasteiger partial charge in [-0.25, -0.2) is 9.97 Å². The summed E-state index contributed by atoms with van der Waals surface area (Å²) in [7, 11) is 0. The quantitative estimate of drug-likeness (QED) is 0.184. The van der Waals surface area contributed by atoms with Gasteiger partial charge in [0.2, 0.25) is 0 Å². The van der Waals surface area contributed by atoms with Crippen LogP contribution in [0.4, 0.5) is 0 Å². The highest BCUT2D eigenvalue weighted by molar-refractivity contribution is 6.10. The zero-order valence-electron chi connectivity index (χ0n) is 30.0. The van der Waals surface area contributed by atoms with Gasteiger partial charge in [-0.15, -0.1) is 0 Å². The van der Waals surface area contributed by atoms with Crippen molar-refractivity contribution in [2.45, 2.75) is 19.3 Å². The molecule has 0 atom stereocenters. The first-order valence-electron chi connectivity index (χ1n) is 18.6. The van der Waals surface area contributed by atoms with E-state index < -0.39 is 0 Å². The maximum absolute atomic E-state index is 6.17. The van der Waals surface area contributed by atoms with Crippen LogP contribution >= 0.6 is 0 Å². The maximum Gasteiger partial charge on any atom is 0.160 e. The van der Waals surface area contributed by atoms with Crippen LogP contribution in [-0.2, 0) is 5.41 Å². The average Bonchev–Trinajstić information content (AvgIpc) is 3.72. The summed E-state index contributed by atoms with van der Waals surface area (Å²) in [5, 5.41) is 7.14. The number of hydrogen-bond donors (Lipinski definition) is 0. The minimum Gasteiger partial charge on any atom is -0.456 e. The van der Waals surface area contributed by atoms with E-state index in [9.17, 15) is 0 Å². The van der Waals surface area contributed by atoms with E-state index in [4.69, 9.17) is 14.4 Å². The maximum atomic E-state index is 6.17. The van der Waals surface area contributed by atoms with Gasteiger partial charge >= 0.3 is 0 Å². The highest BCUT2D eigenvalue weighted by Crippen LogP contribution is 2.55. The molecule has 254 valence electrons. The Hall–Kier alpha value is -6.84. The lowest BCUT2D eigenvalue weighted by molar-refractivity contribution is 0.666. The lowest BCUT2D eigenvalue weighted by Crippen LogP contribution is -2.15. The van der Waals surface area contributed by atoms with Crippen molar-refractivity contribution < 1.29 is 4.42 Å². The third kappa shape index (κ3) is 4.55. The molecule has 3 nitrogen and oxygen atoms in total. The molecule has 0 saturated carbocycles. The second kappa shape index (κ2) is 11.6. The van der Waals surface area contributed by atoms with Crippen molar-refractivity contribution in [1.29, 1.82) is 0 Å². The molecule has 0 radical (unpaired) electrons. The van der Waals surface area contributed by atoms with E-state index in [1.807, 2.05) is 30.3 Å². The van der Waals surface area contributed by atoms with Crippen LogP contribution in [0.1, 0.15) is 25.0 Å². The molecule has 11 rings (SSSR count). The third-order valence-corrected chi connectivity index (χ3v) is 11.5. The first-order valence-corrected chi connectivity index (χ1v) is 18.6. The Morgan fingerprint density at radius 3 is 1.94 bits per heavy atom. The molecule has 2 aromatic heterocycles. The van der Waals surface area contributed by atoms with E-state index in [1.165, 1.54) is 49.5 Å². The molecular formula is C51H34N2O. The molecule has 10 aromatic rings. The Balaban J connectivity index is 1.12. The SMILES string of the molecule is CC1(C)c2cccc(-c3ccc(-c4cc(-c5ccc6oc7ccccc7c6c5)nc(-c5ccccc5)n4)c4ccccc34)c2-c2ccc3ccccc3c21. The summed E-state index contributed by atoms with van der Waals surface area (Å²) >= 11 is 0. The van der Waals surface area contributed by atoms with Gasteiger partial charge in [-0.2, -0.15) is 0 Å². The molecule has 0 amide bonds. The van der Waals surface area contributed by atoms with Gasteiger partial charge in [-0.1, -0.05) is 153 Å². The fourth-order valence-electron chi connectivity index (χ4n) is 8.97. The van der Waals surface area contributed by atoms with Crippen molar-refractivity contribution in [3.63, 3.8) is 0 Å². The summed E-state index contributed by atoms with van der Waals surface area (Å²) in [6.45, 7) is 4.75. The van der Waals surface area contributed by atoms with Gasteiger partial charge in [0, 0.05) is 32.9 Å². The highest BCUT2D eigenvalue weighted by atomic mass is 16.3. The van der Waals surface area contributed by atoms with Crippen LogP contribution in [0.3, 0.4) is 0 Å². The average molecular weight is 691 g/mol. The van der Waals surface area contributed by atoms with Gasteiger partial charge in [-0.05, 0) is 85.3 Å². The predicted octanol–water partition coefficient (Wildman–Crippen LogP) is 13.7. The topological polar surface area (TPSA) is 38.9 Å². The molecule has 54 heavy (non-hydrogen) atoms. The molecule has 3 heteroatoms. The lowest BCUT2D eigenvalue weighted by Gasteiger charge is -2.23. The predicted molar refractivity (Wildman–Crippen MR) is 224 cm³/mol. The lowest BCUT2D eigenvalue weighted by atomic mass is 9.80. The molecule has 1 aliphatic carbocycles. The first-order chi connectivity index (χ1) is 26.5. The number of fused-ring (bicyclic) bond motifs is 9. The Bertz CT molecular complexity index is 3130. The van der Waals surface area contributed by atoms with Gasteiger partial charge in [0.25, 0.3) is 0 Å². The fraction of sp³-hybridized carbons (Fsp3) is 0.0588. The second-order valence-corrected chi connectivity index (χ2v) is 14.9. The van der Waals surface area contributed by atoms with Crippen molar-refractivity contribution in [3.8, 4) is 56.2 Å². The molecule has 0 aliphatic heterocycles. The standard InChI is InChI=1S/C51H34N2O/c1-51(2)43-21-12-20-40(48(43)41-25-23-31-13-6-7-16-34(31)49(41)51)37-26-27-38(36-18-9-8-17-35(36)37)45-30-44(52-50(53-45)32-14-4-3-5-15-32)33-24-28-47-42(29-33)39-19-10-11-22-46(39)54-47/h3-30H,1-2H3. The number of aromatic nitrogens is 2. The first kappa shape index (κ1) is 30.8. The minimum absolute atomic E-state index is 0.131. The number of furan rings is 1. The fourth-order valence-corrected chi connectivity index (χ4v) is 8.97. The molecule has 0 fully saturated rings. The van der Waals surface area contributed by atoms with Crippen LogP contribution in [0.5, 0.6) is 0 Å². The largest absolute Gasteiger partial charge is 0.456 e. The van der Waals surface area contributed by atoms with Gasteiger partial charge in [0.05, 0.1) is 11.4 Å². The number of nitrogens with zero attached hydrogens (tertiary/aromatic N) is 2. The van der Waals surface area contributed by atoms with Crippen molar-refractivity contribution in [3.05, 3.63) is 181 Å². The van der Waals surface area contributed by atoms with Crippen LogP contribution in [0.15, 0.2) is 174 Å². The smallest absolute Gasteiger partial charge is 0.160 e. The van der Waals surface area contributed by atoms with E-state index in [2.05, 4.69) is 153 Å².